The molecule has 29 heavy (non-hydrogen) atoms. The van der Waals surface area contributed by atoms with Crippen molar-refractivity contribution in [1.29, 1.82) is 0 Å². The third-order valence-electron chi connectivity index (χ3n) is 5.43. The van der Waals surface area contributed by atoms with Gasteiger partial charge in [-0.2, -0.15) is 0 Å². The molecule has 2 aromatic rings. The number of methoxy groups -OCH3 is 3. The molecule has 5 nitrogen and oxygen atoms in total. The van der Waals surface area contributed by atoms with Gasteiger partial charge in [0.2, 0.25) is 0 Å². The number of nitrogens with zero attached hydrogens (tertiary/aromatic N) is 1. The summed E-state index contributed by atoms with van der Waals surface area (Å²) < 4.78 is 16.4. The summed E-state index contributed by atoms with van der Waals surface area (Å²) in [6.45, 7) is 2.80. The monoisotopic (exact) mass is 397 g/mol. The van der Waals surface area contributed by atoms with Crippen molar-refractivity contribution >= 4 is 6.08 Å². The SMILES string of the molecule is COc1cccc(/C=C/Cc2c(OC)cc(OC)c(CN3CCCCC3)c2O)c1. The number of hydrogen-bond acceptors (Lipinski definition) is 5. The highest BCUT2D eigenvalue weighted by Crippen LogP contribution is 2.40. The third kappa shape index (κ3) is 5.24. The van der Waals surface area contributed by atoms with Crippen LogP contribution in [0.2, 0.25) is 0 Å². The van der Waals surface area contributed by atoms with Crippen LogP contribution < -0.4 is 14.2 Å². The standard InChI is InChI=1S/C24H31NO4/c1-27-19-11-7-9-18(15-19)10-8-12-20-22(28-2)16-23(29-3)21(24(20)26)17-25-13-5-4-6-14-25/h7-11,15-16,26H,4-6,12-14,17H2,1-3H3/b10-8+. The van der Waals surface area contributed by atoms with Gasteiger partial charge in [-0.25, -0.2) is 0 Å². The van der Waals surface area contributed by atoms with Gasteiger partial charge in [0.25, 0.3) is 0 Å². The van der Waals surface area contributed by atoms with E-state index in [1.54, 1.807) is 21.3 Å². The fraction of sp³-hybridized carbons (Fsp3) is 0.417. The second kappa shape index (κ2) is 10.2. The Balaban J connectivity index is 1.85. The lowest BCUT2D eigenvalue weighted by atomic mass is 10.0. The minimum absolute atomic E-state index is 0.266. The van der Waals surface area contributed by atoms with Crippen LogP contribution in [0.15, 0.2) is 36.4 Å². The molecular formula is C24H31NO4. The van der Waals surface area contributed by atoms with E-state index in [-0.39, 0.29) is 5.75 Å². The van der Waals surface area contributed by atoms with Gasteiger partial charge in [0.15, 0.2) is 0 Å². The lowest BCUT2D eigenvalue weighted by molar-refractivity contribution is 0.215. The molecule has 3 rings (SSSR count). The molecule has 0 bridgehead atoms. The molecule has 1 heterocycles. The van der Waals surface area contributed by atoms with Crippen LogP contribution in [0.4, 0.5) is 0 Å². The largest absolute Gasteiger partial charge is 0.507 e. The number of likely N-dealkylation sites (tertiary alicyclic amines) is 1. The fourth-order valence-corrected chi connectivity index (χ4v) is 3.82. The summed E-state index contributed by atoms with van der Waals surface area (Å²) in [4.78, 5) is 2.38. The van der Waals surface area contributed by atoms with E-state index in [2.05, 4.69) is 4.90 Å². The molecule has 0 aromatic heterocycles. The maximum atomic E-state index is 11.1. The van der Waals surface area contributed by atoms with Crippen molar-refractivity contribution < 1.29 is 19.3 Å². The molecule has 0 radical (unpaired) electrons. The zero-order valence-electron chi connectivity index (χ0n) is 17.6. The topological polar surface area (TPSA) is 51.2 Å². The van der Waals surface area contributed by atoms with Crippen molar-refractivity contribution in [2.75, 3.05) is 34.4 Å². The Morgan fingerprint density at radius 2 is 1.66 bits per heavy atom. The predicted molar refractivity (Wildman–Crippen MR) is 116 cm³/mol. The number of aromatic hydroxyl groups is 1. The van der Waals surface area contributed by atoms with Gasteiger partial charge in [0.1, 0.15) is 23.0 Å². The molecule has 1 aliphatic rings. The molecular weight excluding hydrogens is 366 g/mol. The van der Waals surface area contributed by atoms with Gasteiger partial charge in [-0.15, -0.1) is 0 Å². The lowest BCUT2D eigenvalue weighted by Gasteiger charge is -2.28. The van der Waals surface area contributed by atoms with E-state index in [0.717, 1.165) is 35.5 Å². The zero-order valence-corrected chi connectivity index (χ0v) is 17.6. The first-order valence-electron chi connectivity index (χ1n) is 10.1. The summed E-state index contributed by atoms with van der Waals surface area (Å²) in [5.74, 6) is 2.39. The van der Waals surface area contributed by atoms with Gasteiger partial charge in [0.05, 0.1) is 26.9 Å². The lowest BCUT2D eigenvalue weighted by Crippen LogP contribution is -2.29. The van der Waals surface area contributed by atoms with Crippen LogP contribution in [0.1, 0.15) is 36.0 Å². The number of piperidine rings is 1. The van der Waals surface area contributed by atoms with Crippen LogP contribution in [-0.4, -0.2) is 44.4 Å². The summed E-state index contributed by atoms with van der Waals surface area (Å²) in [6, 6.07) is 9.76. The summed E-state index contributed by atoms with van der Waals surface area (Å²) >= 11 is 0. The molecule has 0 amide bonds. The van der Waals surface area contributed by atoms with Crippen molar-refractivity contribution in [2.24, 2.45) is 0 Å². The molecule has 0 aliphatic carbocycles. The first-order chi connectivity index (χ1) is 14.2. The van der Waals surface area contributed by atoms with E-state index < -0.39 is 0 Å². The van der Waals surface area contributed by atoms with Crippen molar-refractivity contribution in [2.45, 2.75) is 32.2 Å². The number of hydrogen-bond donors (Lipinski definition) is 1. The third-order valence-corrected chi connectivity index (χ3v) is 5.43. The van der Waals surface area contributed by atoms with Crippen LogP contribution in [0.25, 0.3) is 6.08 Å². The smallest absolute Gasteiger partial charge is 0.131 e. The molecule has 1 saturated heterocycles. The van der Waals surface area contributed by atoms with Gasteiger partial charge in [0, 0.05) is 18.2 Å². The maximum Gasteiger partial charge on any atom is 0.131 e. The second-order valence-electron chi connectivity index (χ2n) is 7.31. The Morgan fingerprint density at radius 1 is 0.931 bits per heavy atom. The highest BCUT2D eigenvalue weighted by molar-refractivity contribution is 5.59. The molecule has 0 saturated carbocycles. The van der Waals surface area contributed by atoms with Crippen LogP contribution in [0.5, 0.6) is 23.0 Å². The molecule has 1 fully saturated rings. The van der Waals surface area contributed by atoms with Crippen molar-refractivity contribution in [3.8, 4) is 23.0 Å². The van der Waals surface area contributed by atoms with Gasteiger partial charge >= 0.3 is 0 Å². The molecule has 2 aromatic carbocycles. The van der Waals surface area contributed by atoms with E-state index in [0.29, 0.717) is 24.5 Å². The highest BCUT2D eigenvalue weighted by Gasteiger charge is 2.21. The Kier molecular flexibility index (Phi) is 7.42. The Hall–Kier alpha value is -2.66. The van der Waals surface area contributed by atoms with Crippen molar-refractivity contribution in [1.82, 2.24) is 4.90 Å². The van der Waals surface area contributed by atoms with Crippen LogP contribution >= 0.6 is 0 Å². The minimum atomic E-state index is 0.266. The molecule has 156 valence electrons. The summed E-state index contributed by atoms with van der Waals surface area (Å²) in [6.07, 6.45) is 8.30. The second-order valence-corrected chi connectivity index (χ2v) is 7.31. The molecule has 1 N–H and O–H groups in total. The van der Waals surface area contributed by atoms with Gasteiger partial charge in [-0.05, 0) is 50.0 Å². The predicted octanol–water partition coefficient (Wildman–Crippen LogP) is 4.66. The van der Waals surface area contributed by atoms with Crippen molar-refractivity contribution in [3.05, 3.63) is 53.1 Å². The number of phenols is 1. The first-order valence-corrected chi connectivity index (χ1v) is 10.1. The van der Waals surface area contributed by atoms with Crippen molar-refractivity contribution in [3.63, 3.8) is 0 Å². The maximum absolute atomic E-state index is 11.1. The molecule has 0 spiro atoms. The Labute approximate surface area is 173 Å². The fourth-order valence-electron chi connectivity index (χ4n) is 3.82. The van der Waals surface area contributed by atoms with E-state index in [4.69, 9.17) is 14.2 Å². The molecule has 1 aliphatic heterocycles. The minimum Gasteiger partial charge on any atom is -0.507 e. The Morgan fingerprint density at radius 3 is 2.34 bits per heavy atom. The van der Waals surface area contributed by atoms with E-state index in [1.807, 2.05) is 42.5 Å². The van der Waals surface area contributed by atoms with E-state index in [1.165, 1.54) is 19.3 Å². The summed E-state index contributed by atoms with van der Waals surface area (Å²) in [7, 11) is 4.91. The first kappa shape index (κ1) is 21.1. The number of allylic oxidation sites excluding steroid dienone is 1. The van der Waals surface area contributed by atoms with Crippen LogP contribution in [0, 0.1) is 0 Å². The molecule has 0 atom stereocenters. The number of benzene rings is 2. The number of rotatable bonds is 8. The molecule has 0 unspecified atom stereocenters. The average Bonchev–Trinajstić information content (AvgIpc) is 2.77. The van der Waals surface area contributed by atoms with E-state index in [9.17, 15) is 5.11 Å². The van der Waals surface area contributed by atoms with Gasteiger partial charge < -0.3 is 19.3 Å². The number of ether oxygens (including phenoxy) is 3. The normalized spacial score (nSPS) is 14.9. The Bertz CT molecular complexity index is 841. The van der Waals surface area contributed by atoms with Gasteiger partial charge in [-0.1, -0.05) is 30.7 Å². The van der Waals surface area contributed by atoms with Gasteiger partial charge in [-0.3, -0.25) is 4.90 Å². The summed E-state index contributed by atoms with van der Waals surface area (Å²) in [5, 5.41) is 11.1. The quantitative estimate of drug-likeness (QED) is 0.702. The van der Waals surface area contributed by atoms with Crippen LogP contribution in [0.3, 0.4) is 0 Å². The summed E-state index contributed by atoms with van der Waals surface area (Å²) in [5.41, 5.74) is 2.66. The molecule has 5 heteroatoms. The average molecular weight is 398 g/mol. The number of phenolic OH excluding ortho intramolecular Hbond substituents is 1. The van der Waals surface area contributed by atoms with E-state index >= 15 is 0 Å². The highest BCUT2D eigenvalue weighted by atomic mass is 16.5. The van der Waals surface area contributed by atoms with Crippen LogP contribution in [-0.2, 0) is 13.0 Å². The zero-order chi connectivity index (χ0) is 20.6.